The van der Waals surface area contributed by atoms with E-state index in [0.717, 1.165) is 25.8 Å². The van der Waals surface area contributed by atoms with Gasteiger partial charge in [0.25, 0.3) is 0 Å². The Morgan fingerprint density at radius 2 is 1.95 bits per heavy atom. The van der Waals surface area contributed by atoms with E-state index < -0.39 is 10.0 Å². The van der Waals surface area contributed by atoms with Crippen molar-refractivity contribution in [1.29, 1.82) is 0 Å². The summed E-state index contributed by atoms with van der Waals surface area (Å²) in [6.45, 7) is 7.45. The summed E-state index contributed by atoms with van der Waals surface area (Å²) >= 11 is 0. The number of hydrogen-bond acceptors (Lipinski definition) is 4. The van der Waals surface area contributed by atoms with Gasteiger partial charge in [-0.25, -0.2) is 18.1 Å². The van der Waals surface area contributed by atoms with Gasteiger partial charge >= 0.3 is 0 Å². The first-order valence-electron chi connectivity index (χ1n) is 7.23. The lowest BCUT2D eigenvalue weighted by Gasteiger charge is -2.14. The van der Waals surface area contributed by atoms with Crippen LogP contribution in [-0.4, -0.2) is 26.5 Å². The maximum Gasteiger partial charge on any atom is 0.240 e. The van der Waals surface area contributed by atoms with Crippen LogP contribution in [0.1, 0.15) is 40.0 Å². The fourth-order valence-electron chi connectivity index (χ4n) is 1.82. The summed E-state index contributed by atoms with van der Waals surface area (Å²) in [5.41, 5.74) is 0. The number of nitrogens with one attached hydrogen (secondary N) is 2. The van der Waals surface area contributed by atoms with Crippen molar-refractivity contribution in [3.63, 3.8) is 0 Å². The van der Waals surface area contributed by atoms with E-state index in [1.54, 1.807) is 6.07 Å². The van der Waals surface area contributed by atoms with Crippen LogP contribution in [0.4, 0.5) is 5.82 Å². The molecule has 2 N–H and O–H groups in total. The molecule has 6 heteroatoms. The molecule has 0 fully saturated rings. The van der Waals surface area contributed by atoms with Crippen molar-refractivity contribution >= 4 is 15.8 Å². The second-order valence-electron chi connectivity index (χ2n) is 4.84. The van der Waals surface area contributed by atoms with Crippen molar-refractivity contribution in [2.75, 3.05) is 18.4 Å². The largest absolute Gasteiger partial charge is 0.370 e. The zero-order chi connectivity index (χ0) is 15.0. The van der Waals surface area contributed by atoms with Crippen molar-refractivity contribution in [2.45, 2.75) is 44.9 Å². The highest BCUT2D eigenvalue weighted by molar-refractivity contribution is 7.89. The molecule has 0 saturated carbocycles. The minimum absolute atomic E-state index is 0.261. The van der Waals surface area contributed by atoms with Gasteiger partial charge in [-0.15, -0.1) is 0 Å². The number of hydrogen-bond donors (Lipinski definition) is 2. The lowest BCUT2D eigenvalue weighted by Crippen LogP contribution is -2.29. The average molecular weight is 299 g/mol. The van der Waals surface area contributed by atoms with Gasteiger partial charge in [0.2, 0.25) is 10.0 Å². The maximum atomic E-state index is 12.2. The highest BCUT2D eigenvalue weighted by atomic mass is 32.2. The Hall–Kier alpha value is -1.14. The van der Waals surface area contributed by atoms with E-state index in [0.29, 0.717) is 18.3 Å². The summed E-state index contributed by atoms with van der Waals surface area (Å²) in [6, 6.07) is 3.09. The van der Waals surface area contributed by atoms with E-state index in [1.807, 2.05) is 6.92 Å². The number of anilines is 1. The summed E-state index contributed by atoms with van der Waals surface area (Å²) < 4.78 is 27.1. The first kappa shape index (κ1) is 16.9. The van der Waals surface area contributed by atoms with Crippen LogP contribution >= 0.6 is 0 Å². The molecule has 1 rings (SSSR count). The SMILES string of the molecule is CCCNc1cc(S(=O)(=O)NCC(CC)CC)ccn1. The molecule has 0 amide bonds. The van der Waals surface area contributed by atoms with Gasteiger partial charge in [0.15, 0.2) is 0 Å². The van der Waals surface area contributed by atoms with Crippen LogP contribution in [0.5, 0.6) is 0 Å². The molecule has 0 spiro atoms. The van der Waals surface area contributed by atoms with Gasteiger partial charge in [-0.3, -0.25) is 0 Å². The van der Waals surface area contributed by atoms with Gasteiger partial charge in [-0.05, 0) is 18.4 Å². The first-order valence-corrected chi connectivity index (χ1v) is 8.71. The van der Waals surface area contributed by atoms with E-state index >= 15 is 0 Å². The van der Waals surface area contributed by atoms with E-state index in [-0.39, 0.29) is 4.90 Å². The van der Waals surface area contributed by atoms with Crippen LogP contribution in [-0.2, 0) is 10.0 Å². The Morgan fingerprint density at radius 3 is 2.55 bits per heavy atom. The topological polar surface area (TPSA) is 71.1 Å². The third-order valence-electron chi connectivity index (χ3n) is 3.31. The second kappa shape index (κ2) is 8.21. The Labute approximate surface area is 122 Å². The molecule has 0 radical (unpaired) electrons. The number of aromatic nitrogens is 1. The molecule has 1 heterocycles. The molecule has 1 aromatic heterocycles. The Kier molecular flexibility index (Phi) is 6.95. The van der Waals surface area contributed by atoms with Crippen LogP contribution in [0.3, 0.4) is 0 Å². The Balaban J connectivity index is 2.76. The van der Waals surface area contributed by atoms with Gasteiger partial charge in [0.1, 0.15) is 5.82 Å². The van der Waals surface area contributed by atoms with Crippen molar-refractivity contribution in [2.24, 2.45) is 5.92 Å². The van der Waals surface area contributed by atoms with Crippen molar-refractivity contribution in [1.82, 2.24) is 9.71 Å². The average Bonchev–Trinajstić information content (AvgIpc) is 2.46. The molecule has 0 bridgehead atoms. The molecule has 0 atom stereocenters. The molecule has 0 aliphatic heterocycles. The molecule has 114 valence electrons. The van der Waals surface area contributed by atoms with Crippen molar-refractivity contribution in [3.05, 3.63) is 18.3 Å². The molecular weight excluding hydrogens is 274 g/mol. The highest BCUT2D eigenvalue weighted by Gasteiger charge is 2.16. The first-order chi connectivity index (χ1) is 9.53. The molecule has 0 aliphatic carbocycles. The zero-order valence-electron chi connectivity index (χ0n) is 12.5. The summed E-state index contributed by atoms with van der Waals surface area (Å²) in [4.78, 5) is 4.38. The molecule has 5 nitrogen and oxygen atoms in total. The third-order valence-corrected chi connectivity index (χ3v) is 4.74. The van der Waals surface area contributed by atoms with Gasteiger partial charge in [-0.2, -0.15) is 0 Å². The van der Waals surface area contributed by atoms with Gasteiger partial charge in [0, 0.05) is 25.4 Å². The normalized spacial score (nSPS) is 11.8. The maximum absolute atomic E-state index is 12.2. The molecule has 1 aromatic rings. The molecule has 0 saturated heterocycles. The smallest absolute Gasteiger partial charge is 0.240 e. The fourth-order valence-corrected chi connectivity index (χ4v) is 2.94. The molecule has 0 aromatic carbocycles. The molecule has 0 unspecified atom stereocenters. The van der Waals surface area contributed by atoms with Gasteiger partial charge in [0.05, 0.1) is 4.90 Å². The molecular formula is C14H25N3O2S. The van der Waals surface area contributed by atoms with Gasteiger partial charge < -0.3 is 5.32 Å². The monoisotopic (exact) mass is 299 g/mol. The van der Waals surface area contributed by atoms with Gasteiger partial charge in [-0.1, -0.05) is 33.6 Å². The Morgan fingerprint density at radius 1 is 1.25 bits per heavy atom. The van der Waals surface area contributed by atoms with Crippen LogP contribution in [0, 0.1) is 5.92 Å². The van der Waals surface area contributed by atoms with E-state index in [4.69, 9.17) is 0 Å². The van der Waals surface area contributed by atoms with Crippen molar-refractivity contribution < 1.29 is 8.42 Å². The van der Waals surface area contributed by atoms with Crippen LogP contribution in [0.25, 0.3) is 0 Å². The summed E-state index contributed by atoms with van der Waals surface area (Å²) in [5, 5.41) is 3.09. The summed E-state index contributed by atoms with van der Waals surface area (Å²) in [6.07, 6.45) is 4.42. The van der Waals surface area contributed by atoms with Crippen LogP contribution in [0.15, 0.2) is 23.2 Å². The Bertz CT molecular complexity index is 499. The van der Waals surface area contributed by atoms with E-state index in [1.165, 1.54) is 12.3 Å². The molecule has 20 heavy (non-hydrogen) atoms. The fraction of sp³-hybridized carbons (Fsp3) is 0.643. The van der Waals surface area contributed by atoms with E-state index in [9.17, 15) is 8.42 Å². The lowest BCUT2D eigenvalue weighted by atomic mass is 10.0. The third kappa shape index (κ3) is 5.09. The van der Waals surface area contributed by atoms with Crippen LogP contribution in [0.2, 0.25) is 0 Å². The number of nitrogens with zero attached hydrogens (tertiary/aromatic N) is 1. The summed E-state index contributed by atoms with van der Waals surface area (Å²) in [7, 11) is -3.45. The zero-order valence-corrected chi connectivity index (χ0v) is 13.3. The lowest BCUT2D eigenvalue weighted by molar-refractivity contribution is 0.479. The number of sulfonamides is 1. The van der Waals surface area contributed by atoms with Crippen LogP contribution < -0.4 is 10.0 Å². The predicted molar refractivity (Wildman–Crippen MR) is 82.3 cm³/mol. The van der Waals surface area contributed by atoms with Crippen molar-refractivity contribution in [3.8, 4) is 0 Å². The minimum Gasteiger partial charge on any atom is -0.370 e. The summed E-state index contributed by atoms with van der Waals surface area (Å²) in [5.74, 6) is 0.974. The quantitative estimate of drug-likeness (QED) is 0.735. The number of rotatable bonds is 9. The van der Waals surface area contributed by atoms with E-state index in [2.05, 4.69) is 28.9 Å². The number of pyridine rings is 1. The highest BCUT2D eigenvalue weighted by Crippen LogP contribution is 2.14. The second-order valence-corrected chi connectivity index (χ2v) is 6.60. The minimum atomic E-state index is -3.45. The standard InChI is InChI=1S/C14H25N3O2S/c1-4-8-15-14-10-13(7-9-16-14)20(18,19)17-11-12(5-2)6-3/h7,9-10,12,17H,4-6,8,11H2,1-3H3,(H,15,16). The molecule has 0 aliphatic rings. The predicted octanol–water partition coefficient (Wildman–Crippen LogP) is 2.62.